The van der Waals surface area contributed by atoms with Crippen LogP contribution in [0.3, 0.4) is 0 Å². The molecule has 4 fully saturated rings. The van der Waals surface area contributed by atoms with Crippen molar-refractivity contribution in [3.05, 3.63) is 0 Å². The molecule has 12 nitrogen and oxygen atoms in total. The predicted molar refractivity (Wildman–Crippen MR) is 90.3 cm³/mol. The molecule has 4 aliphatic rings. The monoisotopic (exact) mass is 671 g/mol. The van der Waals surface area contributed by atoms with Crippen LogP contribution in [0.2, 0.25) is 0 Å². The van der Waals surface area contributed by atoms with Gasteiger partial charge in [-0.1, -0.05) is 0 Å². The molecule has 4 bridgehead atoms. The fraction of sp³-hybridized carbons (Fsp3) is 0.750. The van der Waals surface area contributed by atoms with E-state index < -0.39 is 47.5 Å². The van der Waals surface area contributed by atoms with Crippen molar-refractivity contribution >= 4 is 23.9 Å². The maximum Gasteiger partial charge on any atom is 4.00 e. The minimum atomic E-state index is -1.06. The number of halogens is 2. The zero-order valence-electron chi connectivity index (χ0n) is 16.2. The van der Waals surface area contributed by atoms with E-state index in [1.54, 1.807) is 0 Å². The van der Waals surface area contributed by atoms with Gasteiger partial charge in [0.15, 0.2) is 0 Å². The molecule has 182 valence electrons. The van der Waals surface area contributed by atoms with Gasteiger partial charge in [-0.3, -0.25) is 19.2 Å². The van der Waals surface area contributed by atoms with E-state index >= 15 is 0 Å². The van der Waals surface area contributed by atoms with Gasteiger partial charge in [-0.05, 0) is 25.7 Å². The smallest absolute Gasteiger partial charge is 1.00 e. The van der Waals surface area contributed by atoms with E-state index in [9.17, 15) is 19.2 Å². The third kappa shape index (κ3) is 6.50. The average molecular weight is 672 g/mol. The Balaban J connectivity index is -0.000000436. The fourth-order valence-corrected chi connectivity index (χ4v) is 4.61. The number of carbonyl (C=O) groups is 4. The number of carboxylic acids is 4. The van der Waals surface area contributed by atoms with Crippen LogP contribution in [0.25, 0.3) is 0 Å². The summed E-state index contributed by atoms with van der Waals surface area (Å²) in [5, 5.41) is 35.2. The summed E-state index contributed by atoms with van der Waals surface area (Å²) >= 11 is 0. The molecule has 0 aromatic rings. The second kappa shape index (κ2) is 13.5. The molecular weight excluding hydrogens is 646 g/mol. The van der Waals surface area contributed by atoms with Crippen molar-refractivity contribution in [1.82, 2.24) is 12.3 Å². The molecule has 8 atom stereocenters. The summed E-state index contributed by atoms with van der Waals surface area (Å²) in [6.07, 6.45) is 1.15. The number of fused-ring (bicyclic) bond motifs is 4. The van der Waals surface area contributed by atoms with Crippen LogP contribution >= 0.6 is 0 Å². The van der Waals surface area contributed by atoms with Gasteiger partial charge in [-0.15, -0.1) is 0 Å². The fourth-order valence-electron chi connectivity index (χ4n) is 4.61. The van der Waals surface area contributed by atoms with Crippen LogP contribution in [0.5, 0.6) is 0 Å². The number of hydrogen-bond donors (Lipinski definition) is 6. The van der Waals surface area contributed by atoms with E-state index in [0.29, 0.717) is 25.7 Å². The van der Waals surface area contributed by atoms with E-state index in [-0.39, 0.29) is 82.6 Å². The van der Waals surface area contributed by atoms with Crippen LogP contribution in [0.4, 0.5) is 0 Å². The molecule has 0 saturated carbocycles. The molecule has 0 aromatic heterocycles. The largest absolute Gasteiger partial charge is 4.00 e. The molecule has 0 aromatic carbocycles. The Morgan fingerprint density at radius 3 is 0.806 bits per heavy atom. The van der Waals surface area contributed by atoms with Gasteiger partial charge in [0.25, 0.3) is 0 Å². The van der Waals surface area contributed by atoms with Crippen molar-refractivity contribution < 1.29 is 95.0 Å². The van der Waals surface area contributed by atoms with Gasteiger partial charge in [-0.2, -0.15) is 0 Å². The minimum Gasteiger partial charge on any atom is -1.00 e. The third-order valence-electron chi connectivity index (χ3n) is 5.69. The van der Waals surface area contributed by atoms with Crippen LogP contribution in [-0.2, 0) is 49.7 Å². The normalized spacial score (nSPS) is 35.4. The second-order valence-corrected chi connectivity index (χ2v) is 7.04. The SMILES string of the molecule is N.N.O=C(O)C1C2CCC(O2)C1C(=O)O.O=C(O)C1C2CCC(O2)C1C(=O)O.[Cl-].[Cl-].[Pt+4]. The number of rotatable bonds is 4. The maximum atomic E-state index is 10.8. The van der Waals surface area contributed by atoms with Crippen LogP contribution in [0.1, 0.15) is 25.7 Å². The molecule has 0 spiro atoms. The molecule has 0 aliphatic carbocycles. The summed E-state index contributed by atoms with van der Waals surface area (Å²) in [6.45, 7) is 0. The van der Waals surface area contributed by atoms with Crippen molar-refractivity contribution in [3.63, 3.8) is 0 Å². The van der Waals surface area contributed by atoms with Crippen molar-refractivity contribution in [2.75, 3.05) is 0 Å². The standard InChI is InChI=1S/2C8H10O5.2ClH.2H3N.Pt/c2*9-7(10)5-3-1-2-4(13-3)6(5)8(11)12;;;;;/h2*3-6H,1-2H2,(H,9,10)(H,11,12);2*1H;2*1H3;/q;;;;;;+4/p-2. The zero-order valence-corrected chi connectivity index (χ0v) is 20.0. The summed E-state index contributed by atoms with van der Waals surface area (Å²) < 4.78 is 10.5. The molecule has 31 heavy (non-hydrogen) atoms. The quantitative estimate of drug-likeness (QED) is 0.164. The van der Waals surface area contributed by atoms with Crippen LogP contribution in [0.15, 0.2) is 0 Å². The van der Waals surface area contributed by atoms with E-state index in [1.807, 2.05) is 0 Å². The Morgan fingerprint density at radius 2 is 0.677 bits per heavy atom. The number of carboxylic acid groups (broad SMARTS) is 4. The van der Waals surface area contributed by atoms with Crippen molar-refractivity contribution in [2.45, 2.75) is 50.1 Å². The first-order valence-electron chi connectivity index (χ1n) is 8.44. The summed E-state index contributed by atoms with van der Waals surface area (Å²) in [6, 6.07) is 0. The Bertz CT molecular complexity index is 552. The summed E-state index contributed by atoms with van der Waals surface area (Å²) in [5.41, 5.74) is 0. The van der Waals surface area contributed by atoms with E-state index in [1.165, 1.54) is 0 Å². The topological polar surface area (TPSA) is 238 Å². The molecular formula is C16H26Cl2N2O10Pt+2. The van der Waals surface area contributed by atoms with Crippen LogP contribution in [0, 0.1) is 23.7 Å². The van der Waals surface area contributed by atoms with Gasteiger partial charge in [0, 0.05) is 0 Å². The molecule has 4 aliphatic heterocycles. The Labute approximate surface area is 204 Å². The molecule has 0 amide bonds. The summed E-state index contributed by atoms with van der Waals surface area (Å²) in [7, 11) is 0. The average Bonchev–Trinajstić information content (AvgIpc) is 3.32. The predicted octanol–water partition coefficient (Wildman–Crippen LogP) is -5.77. The summed E-state index contributed by atoms with van der Waals surface area (Å²) in [4.78, 5) is 43.1. The first-order chi connectivity index (χ1) is 12.2. The minimum absolute atomic E-state index is 0. The third-order valence-corrected chi connectivity index (χ3v) is 5.69. The van der Waals surface area contributed by atoms with Gasteiger partial charge in [0.05, 0.1) is 48.1 Å². The number of aliphatic carboxylic acids is 4. The van der Waals surface area contributed by atoms with E-state index in [4.69, 9.17) is 29.9 Å². The Morgan fingerprint density at radius 1 is 0.516 bits per heavy atom. The maximum absolute atomic E-state index is 10.8. The zero-order chi connectivity index (χ0) is 19.2. The van der Waals surface area contributed by atoms with Gasteiger partial charge < -0.3 is 67.0 Å². The van der Waals surface area contributed by atoms with Gasteiger partial charge in [0.1, 0.15) is 0 Å². The molecule has 4 rings (SSSR count). The molecule has 10 N–H and O–H groups in total. The summed E-state index contributed by atoms with van der Waals surface area (Å²) in [5.74, 6) is -7.63. The molecule has 4 heterocycles. The van der Waals surface area contributed by atoms with Crippen LogP contribution < -0.4 is 37.1 Å². The van der Waals surface area contributed by atoms with Gasteiger partial charge in [0.2, 0.25) is 0 Å². The van der Waals surface area contributed by atoms with Crippen LogP contribution in [-0.4, -0.2) is 68.7 Å². The Kier molecular flexibility index (Phi) is 15.1. The van der Waals surface area contributed by atoms with Crippen molar-refractivity contribution in [1.29, 1.82) is 0 Å². The first-order valence-corrected chi connectivity index (χ1v) is 8.44. The molecule has 8 unspecified atom stereocenters. The van der Waals surface area contributed by atoms with E-state index in [0.717, 1.165) is 0 Å². The van der Waals surface area contributed by atoms with Gasteiger partial charge >= 0.3 is 44.9 Å². The Hall–Kier alpha value is -1.01. The van der Waals surface area contributed by atoms with E-state index in [2.05, 4.69) is 0 Å². The second-order valence-electron chi connectivity index (χ2n) is 7.04. The van der Waals surface area contributed by atoms with Gasteiger partial charge in [-0.25, -0.2) is 0 Å². The van der Waals surface area contributed by atoms with Crippen molar-refractivity contribution in [2.24, 2.45) is 23.7 Å². The number of hydrogen-bond acceptors (Lipinski definition) is 8. The molecule has 15 heteroatoms. The molecule has 0 radical (unpaired) electrons. The molecule has 4 saturated heterocycles. The first kappa shape index (κ1) is 34.6. The van der Waals surface area contributed by atoms with Crippen molar-refractivity contribution in [3.8, 4) is 0 Å². The number of ether oxygens (including phenoxy) is 2.